The van der Waals surface area contributed by atoms with Crippen LogP contribution in [0.3, 0.4) is 0 Å². The van der Waals surface area contributed by atoms with E-state index in [-0.39, 0.29) is 29.7 Å². The zero-order valence-corrected chi connectivity index (χ0v) is 15.5. The number of nitrogens with zero attached hydrogens (tertiary/aromatic N) is 2. The predicted molar refractivity (Wildman–Crippen MR) is 99.5 cm³/mol. The number of halogens is 1. The third-order valence-electron chi connectivity index (χ3n) is 2.89. The smallest absolute Gasteiger partial charge is 0.284 e. The Hall–Kier alpha value is -1.51. The number of furan rings is 1. The fraction of sp³-hybridized carbons (Fsp3) is 0.467. The molecular weight excluding hydrogens is 395 g/mol. The molecule has 124 valence electrons. The normalized spacial score (nSPS) is 10.7. The monoisotopic (exact) mass is 420 g/mol. The van der Waals surface area contributed by atoms with E-state index in [0.29, 0.717) is 12.3 Å². The second kappa shape index (κ2) is 11.1. The molecule has 0 bridgehead atoms. The minimum atomic E-state index is -0.571. The van der Waals surface area contributed by atoms with Crippen molar-refractivity contribution < 1.29 is 9.21 Å². The largest absolute Gasteiger partial charge is 0.454 e. The number of nitrogens with two attached hydrogens (primary N) is 1. The van der Waals surface area contributed by atoms with Crippen LogP contribution in [0, 0.1) is 0 Å². The molecule has 3 N–H and O–H groups in total. The minimum absolute atomic E-state index is 0. The van der Waals surface area contributed by atoms with Gasteiger partial charge in [-0.3, -0.25) is 4.79 Å². The van der Waals surface area contributed by atoms with E-state index >= 15 is 0 Å². The lowest BCUT2D eigenvalue weighted by molar-refractivity contribution is 0.0972. The predicted octanol–water partition coefficient (Wildman–Crippen LogP) is 2.36. The lowest BCUT2D eigenvalue weighted by Gasteiger charge is -2.21. The highest BCUT2D eigenvalue weighted by atomic mass is 127. The van der Waals surface area contributed by atoms with E-state index in [9.17, 15) is 4.79 Å². The molecule has 7 heteroatoms. The summed E-state index contributed by atoms with van der Waals surface area (Å²) in [5.41, 5.74) is 5.15. The van der Waals surface area contributed by atoms with Crippen LogP contribution in [-0.2, 0) is 6.54 Å². The molecule has 0 fully saturated rings. The van der Waals surface area contributed by atoms with Gasteiger partial charge in [-0.25, -0.2) is 4.99 Å². The molecule has 6 nitrogen and oxygen atoms in total. The summed E-state index contributed by atoms with van der Waals surface area (Å²) in [6.45, 7) is 7.78. The van der Waals surface area contributed by atoms with Gasteiger partial charge < -0.3 is 20.4 Å². The average Bonchev–Trinajstić information content (AvgIpc) is 2.92. The number of rotatable bonds is 8. The van der Waals surface area contributed by atoms with Gasteiger partial charge in [0.1, 0.15) is 12.3 Å². The Balaban J connectivity index is 0.00000441. The first-order chi connectivity index (χ1) is 10.1. The highest BCUT2D eigenvalue weighted by Gasteiger charge is 2.08. The number of hydrogen-bond donors (Lipinski definition) is 2. The van der Waals surface area contributed by atoms with Crippen LogP contribution < -0.4 is 11.1 Å². The first kappa shape index (κ1) is 20.5. The molecule has 0 saturated heterocycles. The van der Waals surface area contributed by atoms with E-state index in [1.165, 1.54) is 0 Å². The van der Waals surface area contributed by atoms with E-state index in [2.05, 4.69) is 21.8 Å². The Morgan fingerprint density at radius 2 is 2.27 bits per heavy atom. The number of nitrogens with one attached hydrogen (secondary N) is 1. The topological polar surface area (TPSA) is 83.9 Å². The van der Waals surface area contributed by atoms with Crippen molar-refractivity contribution in [3.8, 4) is 0 Å². The summed E-state index contributed by atoms with van der Waals surface area (Å²) >= 11 is 0. The molecule has 0 aromatic carbocycles. The van der Waals surface area contributed by atoms with E-state index in [0.717, 1.165) is 31.9 Å². The van der Waals surface area contributed by atoms with Gasteiger partial charge >= 0.3 is 0 Å². The van der Waals surface area contributed by atoms with Crippen LogP contribution in [0.1, 0.15) is 36.1 Å². The first-order valence-electron chi connectivity index (χ1n) is 7.07. The fourth-order valence-electron chi connectivity index (χ4n) is 1.80. The zero-order valence-electron chi connectivity index (χ0n) is 13.2. The molecule has 1 amide bonds. The van der Waals surface area contributed by atoms with Gasteiger partial charge in [-0.2, -0.15) is 0 Å². The third-order valence-corrected chi connectivity index (χ3v) is 2.89. The molecule has 1 aromatic rings. The Labute approximate surface area is 148 Å². The molecule has 0 saturated carbocycles. The standard InChI is InChI=1S/C15H24N4O2.HI/c1-4-6-7-10-19(3)15(17-5-2)18-11-12-8-9-13(21-12)14(16)20;/h4,8-9H,1,5-7,10-11H2,2-3H3,(H2,16,20)(H,17,18);1H. The lowest BCUT2D eigenvalue weighted by Crippen LogP contribution is -2.39. The second-order valence-corrected chi connectivity index (χ2v) is 4.65. The molecule has 1 rings (SSSR count). The summed E-state index contributed by atoms with van der Waals surface area (Å²) in [4.78, 5) is 17.5. The van der Waals surface area contributed by atoms with Gasteiger partial charge in [0.15, 0.2) is 11.7 Å². The number of allylic oxidation sites excluding steroid dienone is 1. The van der Waals surface area contributed by atoms with E-state index in [1.807, 2.05) is 20.0 Å². The Bertz CT molecular complexity index is 499. The highest BCUT2D eigenvalue weighted by Crippen LogP contribution is 2.08. The molecule has 0 radical (unpaired) electrons. The van der Waals surface area contributed by atoms with Crippen LogP contribution in [0.4, 0.5) is 0 Å². The van der Waals surface area contributed by atoms with Crippen LogP contribution in [-0.4, -0.2) is 36.9 Å². The molecule has 22 heavy (non-hydrogen) atoms. The second-order valence-electron chi connectivity index (χ2n) is 4.65. The Kier molecular flexibility index (Phi) is 10.3. The first-order valence-corrected chi connectivity index (χ1v) is 7.07. The minimum Gasteiger partial charge on any atom is -0.454 e. The Morgan fingerprint density at radius 1 is 1.55 bits per heavy atom. The van der Waals surface area contributed by atoms with Crippen molar-refractivity contribution in [3.05, 3.63) is 36.3 Å². The van der Waals surface area contributed by atoms with Gasteiger partial charge in [-0.15, -0.1) is 30.6 Å². The number of guanidine groups is 1. The van der Waals surface area contributed by atoms with Gasteiger partial charge in [0.05, 0.1) is 0 Å². The molecule has 0 aliphatic carbocycles. The molecule has 0 aliphatic rings. The number of unbranched alkanes of at least 4 members (excludes halogenated alkanes) is 1. The Morgan fingerprint density at radius 3 is 2.82 bits per heavy atom. The maximum Gasteiger partial charge on any atom is 0.284 e. The van der Waals surface area contributed by atoms with Gasteiger partial charge in [-0.1, -0.05) is 6.08 Å². The van der Waals surface area contributed by atoms with Crippen molar-refractivity contribution in [2.45, 2.75) is 26.3 Å². The van der Waals surface area contributed by atoms with Crippen molar-refractivity contribution in [2.24, 2.45) is 10.7 Å². The number of carbonyl (C=O) groups excluding carboxylic acids is 1. The summed E-state index contributed by atoms with van der Waals surface area (Å²) in [6.07, 6.45) is 3.91. The zero-order chi connectivity index (χ0) is 15.7. The number of hydrogen-bond acceptors (Lipinski definition) is 3. The van der Waals surface area contributed by atoms with E-state index in [4.69, 9.17) is 10.2 Å². The van der Waals surface area contributed by atoms with E-state index in [1.54, 1.807) is 12.1 Å². The maximum absolute atomic E-state index is 11.0. The van der Waals surface area contributed by atoms with Crippen molar-refractivity contribution in [3.63, 3.8) is 0 Å². The summed E-state index contributed by atoms with van der Waals surface area (Å²) in [6, 6.07) is 3.28. The van der Waals surface area contributed by atoms with Crippen LogP contribution in [0.25, 0.3) is 0 Å². The van der Waals surface area contributed by atoms with Crippen molar-refractivity contribution in [1.82, 2.24) is 10.2 Å². The van der Waals surface area contributed by atoms with Crippen LogP contribution >= 0.6 is 24.0 Å². The third kappa shape index (κ3) is 6.97. The van der Waals surface area contributed by atoms with Gasteiger partial charge in [0.2, 0.25) is 0 Å². The molecule has 1 heterocycles. The van der Waals surface area contributed by atoms with Crippen LogP contribution in [0.5, 0.6) is 0 Å². The number of primary amides is 1. The average molecular weight is 420 g/mol. The van der Waals surface area contributed by atoms with Gasteiger partial charge in [-0.05, 0) is 31.9 Å². The summed E-state index contributed by atoms with van der Waals surface area (Å²) in [5, 5.41) is 3.23. The SMILES string of the molecule is C=CCCCN(C)C(=NCc1ccc(C(N)=O)o1)NCC.I. The molecule has 0 unspecified atom stereocenters. The molecule has 0 spiro atoms. The lowest BCUT2D eigenvalue weighted by atomic mass is 10.3. The number of amides is 1. The summed E-state index contributed by atoms with van der Waals surface area (Å²) in [7, 11) is 1.99. The number of carbonyl (C=O) groups is 1. The molecule has 0 atom stereocenters. The summed E-state index contributed by atoms with van der Waals surface area (Å²) in [5.74, 6) is 1.00. The number of aliphatic imine (C=N–C) groups is 1. The van der Waals surface area contributed by atoms with Gasteiger partial charge in [0, 0.05) is 20.1 Å². The highest BCUT2D eigenvalue weighted by molar-refractivity contribution is 14.0. The van der Waals surface area contributed by atoms with Crippen LogP contribution in [0.2, 0.25) is 0 Å². The van der Waals surface area contributed by atoms with Gasteiger partial charge in [0.25, 0.3) is 5.91 Å². The van der Waals surface area contributed by atoms with Crippen molar-refractivity contribution in [2.75, 3.05) is 20.1 Å². The fourth-order valence-corrected chi connectivity index (χ4v) is 1.80. The van der Waals surface area contributed by atoms with Crippen LogP contribution in [0.15, 0.2) is 34.2 Å². The van der Waals surface area contributed by atoms with Crippen molar-refractivity contribution >= 4 is 35.8 Å². The maximum atomic E-state index is 11.0. The molecule has 0 aliphatic heterocycles. The van der Waals surface area contributed by atoms with Crippen molar-refractivity contribution in [1.29, 1.82) is 0 Å². The molecular formula is C15H25IN4O2. The summed E-state index contributed by atoms with van der Waals surface area (Å²) < 4.78 is 5.31. The van der Waals surface area contributed by atoms with E-state index < -0.39 is 5.91 Å². The molecule has 1 aromatic heterocycles. The quantitative estimate of drug-likeness (QED) is 0.222.